The zero-order chi connectivity index (χ0) is 20.8. The van der Waals surface area contributed by atoms with Crippen LogP contribution in [0.3, 0.4) is 0 Å². The minimum Gasteiger partial charge on any atom is -0.345 e. The lowest BCUT2D eigenvalue weighted by Crippen LogP contribution is -2.29. The lowest BCUT2D eigenvalue weighted by Gasteiger charge is -2.19. The number of hydrogen-bond donors (Lipinski definition) is 2. The first-order valence-corrected chi connectivity index (χ1v) is 10.6. The van der Waals surface area contributed by atoms with Gasteiger partial charge >= 0.3 is 0 Å². The molecule has 0 fully saturated rings. The van der Waals surface area contributed by atoms with Crippen molar-refractivity contribution in [1.29, 1.82) is 0 Å². The molecule has 7 heteroatoms. The molecule has 2 atom stereocenters. The van der Waals surface area contributed by atoms with E-state index in [1.807, 2.05) is 37.3 Å². The van der Waals surface area contributed by atoms with Gasteiger partial charge in [0.15, 0.2) is 0 Å². The first-order chi connectivity index (χ1) is 14.0. The molecule has 0 aliphatic heterocycles. The molecule has 0 radical (unpaired) electrons. The number of nitrogens with one attached hydrogen (secondary N) is 2. The largest absolute Gasteiger partial charge is 0.345 e. The average molecular weight is 431 g/mol. The van der Waals surface area contributed by atoms with Crippen molar-refractivity contribution in [3.8, 4) is 0 Å². The van der Waals surface area contributed by atoms with Crippen molar-refractivity contribution in [2.45, 2.75) is 24.3 Å². The summed E-state index contributed by atoms with van der Waals surface area (Å²) in [5.74, 6) is -0.999. The van der Waals surface area contributed by atoms with Crippen LogP contribution in [0.2, 0.25) is 5.02 Å². The quantitative estimate of drug-likeness (QED) is 0.520. The average Bonchev–Trinajstić information content (AvgIpc) is 2.74. The van der Waals surface area contributed by atoms with Crippen molar-refractivity contribution in [3.63, 3.8) is 0 Å². The van der Waals surface area contributed by atoms with Gasteiger partial charge in [0.2, 0.25) is 0 Å². The van der Waals surface area contributed by atoms with E-state index < -0.39 is 22.7 Å². The normalized spacial score (nSPS) is 12.8. The molecular formula is C22H20ClFN2O2S. The number of benzene rings is 3. The van der Waals surface area contributed by atoms with E-state index in [-0.39, 0.29) is 17.3 Å². The van der Waals surface area contributed by atoms with Crippen LogP contribution in [0.1, 0.15) is 35.3 Å². The van der Waals surface area contributed by atoms with Gasteiger partial charge in [0.25, 0.3) is 5.91 Å². The summed E-state index contributed by atoms with van der Waals surface area (Å²) in [6, 6.07) is 19.6. The van der Waals surface area contributed by atoms with Crippen LogP contribution in [0.15, 0.2) is 77.7 Å². The van der Waals surface area contributed by atoms with E-state index in [0.29, 0.717) is 16.3 Å². The van der Waals surface area contributed by atoms with Crippen molar-refractivity contribution in [2.75, 3.05) is 4.72 Å². The van der Waals surface area contributed by atoms with Crippen molar-refractivity contribution in [1.82, 2.24) is 5.32 Å². The second kappa shape index (κ2) is 9.67. The van der Waals surface area contributed by atoms with Crippen molar-refractivity contribution in [2.24, 2.45) is 0 Å². The molecule has 29 heavy (non-hydrogen) atoms. The summed E-state index contributed by atoms with van der Waals surface area (Å²) in [5, 5.41) is 3.45. The highest BCUT2D eigenvalue weighted by molar-refractivity contribution is 7.86. The smallest absolute Gasteiger partial charge is 0.253 e. The van der Waals surface area contributed by atoms with Gasteiger partial charge in [-0.3, -0.25) is 4.79 Å². The fourth-order valence-corrected chi connectivity index (χ4v) is 3.86. The number of carbonyl (C=O) groups excluding carboxylic acids is 1. The van der Waals surface area contributed by atoms with Gasteiger partial charge in [0.05, 0.1) is 22.2 Å². The molecule has 3 rings (SSSR count). The minimum atomic E-state index is -1.64. The summed E-state index contributed by atoms with van der Waals surface area (Å²) < 4.78 is 29.3. The Bertz CT molecular complexity index is 1010. The van der Waals surface area contributed by atoms with Crippen molar-refractivity contribution < 1.29 is 13.4 Å². The van der Waals surface area contributed by atoms with E-state index in [4.69, 9.17) is 11.6 Å². The molecule has 0 saturated carbocycles. The number of halogens is 2. The van der Waals surface area contributed by atoms with E-state index in [0.717, 1.165) is 11.6 Å². The fraction of sp³-hybridized carbons (Fsp3) is 0.136. The van der Waals surface area contributed by atoms with E-state index in [1.165, 1.54) is 12.1 Å². The molecule has 3 aromatic rings. The van der Waals surface area contributed by atoms with E-state index in [9.17, 15) is 13.4 Å². The second-order valence-corrected chi connectivity index (χ2v) is 8.01. The first kappa shape index (κ1) is 21.0. The zero-order valence-corrected chi connectivity index (χ0v) is 17.3. The Balaban J connectivity index is 1.83. The number of amides is 1. The third-order valence-corrected chi connectivity index (χ3v) is 5.73. The van der Waals surface area contributed by atoms with E-state index >= 15 is 0 Å². The van der Waals surface area contributed by atoms with Crippen LogP contribution in [-0.2, 0) is 11.0 Å². The zero-order valence-electron chi connectivity index (χ0n) is 15.7. The van der Waals surface area contributed by atoms with Crippen LogP contribution in [0, 0.1) is 5.82 Å². The maximum absolute atomic E-state index is 13.9. The Morgan fingerprint density at radius 2 is 1.76 bits per heavy atom. The number of hydrogen-bond acceptors (Lipinski definition) is 2. The highest BCUT2D eigenvalue weighted by Gasteiger charge is 2.19. The summed E-state index contributed by atoms with van der Waals surface area (Å²) in [6.45, 7) is 1.96. The summed E-state index contributed by atoms with van der Waals surface area (Å²) >= 11 is 5.86. The second-order valence-electron chi connectivity index (χ2n) is 6.36. The molecule has 0 heterocycles. The van der Waals surface area contributed by atoms with Gasteiger partial charge in [-0.05, 0) is 54.4 Å². The predicted octanol–water partition coefficient (Wildman–Crippen LogP) is 5.49. The van der Waals surface area contributed by atoms with Crippen LogP contribution in [0.25, 0.3) is 0 Å². The molecule has 0 saturated heterocycles. The Morgan fingerprint density at radius 1 is 1.07 bits per heavy atom. The standard InChI is InChI=1S/C22H20ClFN2O2S/c1-2-20(15-6-4-3-5-7-15)25-22(27)19-14-17(24)10-13-21(19)26-29(28)18-11-8-16(23)9-12-18/h3-14,20,26H,2H2,1H3,(H,25,27). The van der Waals surface area contributed by atoms with Gasteiger partial charge in [-0.15, -0.1) is 0 Å². The van der Waals surface area contributed by atoms with Crippen LogP contribution in [0.4, 0.5) is 10.1 Å². The van der Waals surface area contributed by atoms with E-state index in [2.05, 4.69) is 10.0 Å². The summed E-state index contributed by atoms with van der Waals surface area (Å²) in [4.78, 5) is 13.4. The topological polar surface area (TPSA) is 58.2 Å². The van der Waals surface area contributed by atoms with Crippen LogP contribution in [-0.4, -0.2) is 10.1 Å². The molecular weight excluding hydrogens is 411 g/mol. The summed E-state index contributed by atoms with van der Waals surface area (Å²) in [5.41, 5.74) is 1.32. The number of rotatable bonds is 7. The van der Waals surface area contributed by atoms with Crippen molar-refractivity contribution in [3.05, 3.63) is 94.8 Å². The highest BCUT2D eigenvalue weighted by Crippen LogP contribution is 2.23. The molecule has 0 bridgehead atoms. The molecule has 4 nitrogen and oxygen atoms in total. The Hall–Kier alpha value is -2.70. The molecule has 0 aliphatic carbocycles. The maximum Gasteiger partial charge on any atom is 0.253 e. The summed E-state index contributed by atoms with van der Waals surface area (Å²) in [6.07, 6.45) is 0.671. The third-order valence-electron chi connectivity index (χ3n) is 4.37. The summed E-state index contributed by atoms with van der Waals surface area (Å²) in [7, 11) is -1.64. The molecule has 0 aliphatic rings. The molecule has 1 amide bonds. The third kappa shape index (κ3) is 5.43. The van der Waals surface area contributed by atoms with Gasteiger partial charge in [0, 0.05) is 5.02 Å². The molecule has 3 aromatic carbocycles. The van der Waals surface area contributed by atoms with Gasteiger partial charge in [-0.1, -0.05) is 48.9 Å². The molecule has 2 N–H and O–H groups in total. The number of carbonyl (C=O) groups is 1. The van der Waals surface area contributed by atoms with Gasteiger partial charge < -0.3 is 10.0 Å². The SMILES string of the molecule is CCC(NC(=O)c1cc(F)ccc1NS(=O)c1ccc(Cl)cc1)c1ccccc1. The molecule has 0 aromatic heterocycles. The van der Waals surface area contributed by atoms with Gasteiger partial charge in [0.1, 0.15) is 16.8 Å². The minimum absolute atomic E-state index is 0.0849. The monoisotopic (exact) mass is 430 g/mol. The molecule has 0 spiro atoms. The predicted molar refractivity (Wildman–Crippen MR) is 115 cm³/mol. The molecule has 2 unspecified atom stereocenters. The molecule has 150 valence electrons. The van der Waals surface area contributed by atoms with Crippen LogP contribution < -0.4 is 10.0 Å². The lowest BCUT2D eigenvalue weighted by molar-refractivity contribution is 0.0936. The van der Waals surface area contributed by atoms with Crippen LogP contribution in [0.5, 0.6) is 0 Å². The lowest BCUT2D eigenvalue weighted by atomic mass is 10.0. The van der Waals surface area contributed by atoms with Gasteiger partial charge in [-0.2, -0.15) is 0 Å². The van der Waals surface area contributed by atoms with Crippen molar-refractivity contribution >= 4 is 34.2 Å². The van der Waals surface area contributed by atoms with Crippen LogP contribution >= 0.6 is 11.6 Å². The van der Waals surface area contributed by atoms with E-state index in [1.54, 1.807) is 24.3 Å². The maximum atomic E-state index is 13.9. The number of anilines is 1. The Morgan fingerprint density at radius 3 is 2.41 bits per heavy atom. The fourth-order valence-electron chi connectivity index (χ4n) is 2.85. The Kier molecular flexibility index (Phi) is 7.01. The Labute approximate surface area is 176 Å². The van der Waals surface area contributed by atoms with Gasteiger partial charge in [-0.25, -0.2) is 8.60 Å². The highest BCUT2D eigenvalue weighted by atomic mass is 35.5. The first-order valence-electron chi connectivity index (χ1n) is 9.07.